The van der Waals surface area contributed by atoms with Gasteiger partial charge in [0.2, 0.25) is 0 Å². The SMILES string of the molecule is O=C(NCc1ccc(CN2CCCCC2)cc1)c1ccc(F)cc1F. The number of carbonyl (C=O) groups excluding carboxylic acids is 1. The van der Waals surface area contributed by atoms with E-state index in [1.165, 1.54) is 24.8 Å². The van der Waals surface area contributed by atoms with Gasteiger partial charge in [-0.05, 0) is 49.2 Å². The normalized spacial score (nSPS) is 15.1. The number of nitrogens with one attached hydrogen (secondary N) is 1. The van der Waals surface area contributed by atoms with Gasteiger partial charge in [0.15, 0.2) is 0 Å². The summed E-state index contributed by atoms with van der Waals surface area (Å²) in [6, 6.07) is 11.0. The van der Waals surface area contributed by atoms with E-state index < -0.39 is 17.5 Å². The molecule has 0 aliphatic carbocycles. The number of piperidine rings is 1. The van der Waals surface area contributed by atoms with Crippen molar-refractivity contribution in [2.24, 2.45) is 0 Å². The number of carbonyl (C=O) groups is 1. The lowest BCUT2D eigenvalue weighted by Gasteiger charge is -2.26. The van der Waals surface area contributed by atoms with Crippen LogP contribution in [0.2, 0.25) is 0 Å². The first kappa shape index (κ1) is 17.5. The van der Waals surface area contributed by atoms with Crippen LogP contribution in [0.25, 0.3) is 0 Å². The molecule has 1 saturated heterocycles. The molecule has 132 valence electrons. The highest BCUT2D eigenvalue weighted by atomic mass is 19.1. The van der Waals surface area contributed by atoms with Crippen LogP contribution in [0.1, 0.15) is 40.7 Å². The Hall–Kier alpha value is -2.27. The average Bonchev–Trinajstić information content (AvgIpc) is 2.62. The summed E-state index contributed by atoms with van der Waals surface area (Å²) in [5.41, 5.74) is 2.04. The van der Waals surface area contributed by atoms with Gasteiger partial charge in [-0.25, -0.2) is 8.78 Å². The molecule has 25 heavy (non-hydrogen) atoms. The van der Waals surface area contributed by atoms with Crippen LogP contribution in [-0.4, -0.2) is 23.9 Å². The lowest BCUT2D eigenvalue weighted by molar-refractivity contribution is 0.0947. The van der Waals surface area contributed by atoms with Gasteiger partial charge in [0.25, 0.3) is 5.91 Å². The highest BCUT2D eigenvalue weighted by Gasteiger charge is 2.13. The van der Waals surface area contributed by atoms with Gasteiger partial charge in [-0.15, -0.1) is 0 Å². The fourth-order valence-corrected chi connectivity index (χ4v) is 3.09. The largest absolute Gasteiger partial charge is 0.348 e. The zero-order chi connectivity index (χ0) is 17.6. The first-order valence-corrected chi connectivity index (χ1v) is 8.65. The van der Waals surface area contributed by atoms with Gasteiger partial charge in [0.1, 0.15) is 11.6 Å². The first-order chi connectivity index (χ1) is 12.1. The molecule has 0 radical (unpaired) electrons. The maximum Gasteiger partial charge on any atom is 0.254 e. The minimum absolute atomic E-state index is 0.150. The first-order valence-electron chi connectivity index (χ1n) is 8.65. The highest BCUT2D eigenvalue weighted by Crippen LogP contribution is 2.14. The molecule has 0 atom stereocenters. The van der Waals surface area contributed by atoms with E-state index in [2.05, 4.69) is 22.3 Å². The van der Waals surface area contributed by atoms with Crippen molar-refractivity contribution in [1.29, 1.82) is 0 Å². The predicted molar refractivity (Wildman–Crippen MR) is 93.1 cm³/mol. The molecule has 1 amide bonds. The topological polar surface area (TPSA) is 32.3 Å². The van der Waals surface area contributed by atoms with Crippen molar-refractivity contribution in [2.45, 2.75) is 32.4 Å². The molecule has 2 aromatic carbocycles. The standard InChI is InChI=1S/C20H22F2N2O/c21-17-8-9-18(19(22)12-17)20(25)23-13-15-4-6-16(7-5-15)14-24-10-2-1-3-11-24/h4-9,12H,1-3,10-11,13-14H2,(H,23,25). The van der Waals surface area contributed by atoms with Crippen molar-refractivity contribution in [2.75, 3.05) is 13.1 Å². The maximum absolute atomic E-state index is 13.6. The van der Waals surface area contributed by atoms with Gasteiger partial charge in [-0.3, -0.25) is 9.69 Å². The van der Waals surface area contributed by atoms with E-state index in [-0.39, 0.29) is 5.56 Å². The van der Waals surface area contributed by atoms with Crippen molar-refractivity contribution in [3.63, 3.8) is 0 Å². The Balaban J connectivity index is 1.53. The summed E-state index contributed by atoms with van der Waals surface area (Å²) >= 11 is 0. The van der Waals surface area contributed by atoms with Crippen LogP contribution in [0.15, 0.2) is 42.5 Å². The molecule has 0 bridgehead atoms. The van der Waals surface area contributed by atoms with E-state index in [0.29, 0.717) is 12.6 Å². The Bertz CT molecular complexity index is 725. The second kappa shape index (κ2) is 8.21. The zero-order valence-electron chi connectivity index (χ0n) is 14.1. The third kappa shape index (κ3) is 4.86. The van der Waals surface area contributed by atoms with E-state index in [1.54, 1.807) is 0 Å². The number of nitrogens with zero attached hydrogens (tertiary/aromatic N) is 1. The molecule has 5 heteroatoms. The Morgan fingerprint density at radius 1 is 0.960 bits per heavy atom. The molecule has 3 nitrogen and oxygen atoms in total. The number of benzene rings is 2. The van der Waals surface area contributed by atoms with E-state index in [0.717, 1.165) is 37.3 Å². The number of rotatable bonds is 5. The summed E-state index contributed by atoms with van der Waals surface area (Å²) in [6.45, 7) is 3.56. The van der Waals surface area contributed by atoms with E-state index in [1.807, 2.05) is 12.1 Å². The monoisotopic (exact) mass is 344 g/mol. The lowest BCUT2D eigenvalue weighted by Crippen LogP contribution is -2.29. The smallest absolute Gasteiger partial charge is 0.254 e. The molecular weight excluding hydrogens is 322 g/mol. The van der Waals surface area contributed by atoms with Crippen LogP contribution >= 0.6 is 0 Å². The van der Waals surface area contributed by atoms with Gasteiger partial charge in [0, 0.05) is 19.2 Å². The fourth-order valence-electron chi connectivity index (χ4n) is 3.09. The molecule has 1 N–H and O–H groups in total. The molecule has 0 unspecified atom stereocenters. The molecule has 1 aliphatic heterocycles. The van der Waals surface area contributed by atoms with Crippen LogP contribution in [0.5, 0.6) is 0 Å². The van der Waals surface area contributed by atoms with E-state index in [4.69, 9.17) is 0 Å². The summed E-state index contributed by atoms with van der Waals surface area (Å²) in [7, 11) is 0. The molecule has 0 saturated carbocycles. The van der Waals surface area contributed by atoms with Crippen LogP contribution < -0.4 is 5.32 Å². The second-order valence-electron chi connectivity index (χ2n) is 6.46. The van der Waals surface area contributed by atoms with E-state index in [9.17, 15) is 13.6 Å². The fraction of sp³-hybridized carbons (Fsp3) is 0.350. The average molecular weight is 344 g/mol. The van der Waals surface area contributed by atoms with Crippen molar-refractivity contribution in [1.82, 2.24) is 10.2 Å². The molecule has 1 fully saturated rings. The summed E-state index contributed by atoms with van der Waals surface area (Å²) in [6.07, 6.45) is 3.86. The van der Waals surface area contributed by atoms with Crippen LogP contribution in [-0.2, 0) is 13.1 Å². The molecule has 1 heterocycles. The van der Waals surface area contributed by atoms with Crippen LogP contribution in [0.3, 0.4) is 0 Å². The summed E-state index contributed by atoms with van der Waals surface area (Å²) in [4.78, 5) is 14.5. The van der Waals surface area contributed by atoms with Gasteiger partial charge in [-0.1, -0.05) is 30.7 Å². The van der Waals surface area contributed by atoms with Gasteiger partial charge in [0.05, 0.1) is 5.56 Å². The molecule has 1 aliphatic rings. The van der Waals surface area contributed by atoms with Gasteiger partial charge in [-0.2, -0.15) is 0 Å². The Labute approximate surface area is 146 Å². The summed E-state index contributed by atoms with van der Waals surface area (Å²) in [5, 5.41) is 2.66. The highest BCUT2D eigenvalue weighted by molar-refractivity contribution is 5.94. The predicted octanol–water partition coefficient (Wildman–Crippen LogP) is 3.88. The minimum Gasteiger partial charge on any atom is -0.348 e. The second-order valence-corrected chi connectivity index (χ2v) is 6.46. The van der Waals surface area contributed by atoms with Crippen molar-refractivity contribution >= 4 is 5.91 Å². The Kier molecular flexibility index (Phi) is 5.76. The molecule has 2 aromatic rings. The quantitative estimate of drug-likeness (QED) is 0.893. The summed E-state index contributed by atoms with van der Waals surface area (Å²) in [5.74, 6) is -2.09. The van der Waals surface area contributed by atoms with Gasteiger partial charge >= 0.3 is 0 Å². The number of amides is 1. The third-order valence-corrected chi connectivity index (χ3v) is 4.51. The molecule has 3 rings (SSSR count). The van der Waals surface area contributed by atoms with Crippen LogP contribution in [0.4, 0.5) is 8.78 Å². The molecule has 0 spiro atoms. The maximum atomic E-state index is 13.6. The number of hydrogen-bond donors (Lipinski definition) is 1. The van der Waals surface area contributed by atoms with Crippen LogP contribution in [0, 0.1) is 11.6 Å². The van der Waals surface area contributed by atoms with Crippen molar-refractivity contribution in [3.05, 3.63) is 70.8 Å². The molecular formula is C20H22F2N2O. The minimum atomic E-state index is -0.852. The van der Waals surface area contributed by atoms with Gasteiger partial charge < -0.3 is 5.32 Å². The Morgan fingerprint density at radius 2 is 1.64 bits per heavy atom. The zero-order valence-corrected chi connectivity index (χ0v) is 14.1. The van der Waals surface area contributed by atoms with Crippen molar-refractivity contribution < 1.29 is 13.6 Å². The third-order valence-electron chi connectivity index (χ3n) is 4.51. The summed E-state index contributed by atoms with van der Waals surface area (Å²) < 4.78 is 26.5. The lowest BCUT2D eigenvalue weighted by atomic mass is 10.1. The number of halogens is 2. The van der Waals surface area contributed by atoms with Crippen molar-refractivity contribution in [3.8, 4) is 0 Å². The number of likely N-dealkylation sites (tertiary alicyclic amines) is 1. The number of hydrogen-bond acceptors (Lipinski definition) is 2. The Morgan fingerprint density at radius 3 is 2.32 bits per heavy atom. The molecule has 0 aromatic heterocycles. The van der Waals surface area contributed by atoms with E-state index >= 15 is 0 Å².